The van der Waals surface area contributed by atoms with Crippen LogP contribution < -0.4 is 5.32 Å². The van der Waals surface area contributed by atoms with E-state index >= 15 is 0 Å². The van der Waals surface area contributed by atoms with Crippen LogP contribution in [0.15, 0.2) is 6.07 Å². The van der Waals surface area contributed by atoms with Gasteiger partial charge in [0, 0.05) is 17.3 Å². The third-order valence-corrected chi connectivity index (χ3v) is 4.41. The van der Waals surface area contributed by atoms with Crippen molar-refractivity contribution < 1.29 is 4.79 Å². The fourth-order valence-corrected chi connectivity index (χ4v) is 2.87. The van der Waals surface area contributed by atoms with Gasteiger partial charge < -0.3 is 5.32 Å². The average molecular weight is 274 g/mol. The highest BCUT2D eigenvalue weighted by molar-refractivity contribution is 7.14. The van der Waals surface area contributed by atoms with E-state index in [0.29, 0.717) is 11.8 Å². The van der Waals surface area contributed by atoms with E-state index in [1.807, 2.05) is 19.9 Å². The van der Waals surface area contributed by atoms with Gasteiger partial charge in [0.05, 0.1) is 4.88 Å². The number of nitrogens with one attached hydrogen (secondary N) is 1. The van der Waals surface area contributed by atoms with Gasteiger partial charge in [0.15, 0.2) is 0 Å². The Kier molecular flexibility index (Phi) is 6.00. The SMILES string of the molecule is CCC(CCCl)CNC(=O)c1cc(C)c(C)s1. The summed E-state index contributed by atoms with van der Waals surface area (Å²) in [5.41, 5.74) is 1.19. The molecule has 0 radical (unpaired) electrons. The number of alkyl halides is 1. The van der Waals surface area contributed by atoms with Crippen LogP contribution in [0.3, 0.4) is 0 Å². The second-order valence-electron chi connectivity index (χ2n) is 4.31. The molecule has 1 aromatic heterocycles. The first kappa shape index (κ1) is 14.5. The summed E-state index contributed by atoms with van der Waals surface area (Å²) in [5, 5.41) is 2.99. The molecular weight excluding hydrogens is 254 g/mol. The third-order valence-electron chi connectivity index (χ3n) is 3.04. The standard InChI is InChI=1S/C13H20ClNOS/c1-4-11(5-6-14)8-15-13(16)12-7-9(2)10(3)17-12/h7,11H,4-6,8H2,1-3H3,(H,15,16). The van der Waals surface area contributed by atoms with Crippen molar-refractivity contribution in [1.82, 2.24) is 5.32 Å². The molecule has 1 amide bonds. The zero-order chi connectivity index (χ0) is 12.8. The molecule has 0 aliphatic carbocycles. The summed E-state index contributed by atoms with van der Waals surface area (Å²) in [7, 11) is 0. The van der Waals surface area contributed by atoms with Crippen LogP contribution in [0.25, 0.3) is 0 Å². The third kappa shape index (κ3) is 4.32. The van der Waals surface area contributed by atoms with Gasteiger partial charge in [-0.2, -0.15) is 0 Å². The highest BCUT2D eigenvalue weighted by Crippen LogP contribution is 2.20. The molecule has 1 heterocycles. The Morgan fingerprint density at radius 1 is 1.53 bits per heavy atom. The number of carbonyl (C=O) groups is 1. The maximum absolute atomic E-state index is 11.9. The van der Waals surface area contributed by atoms with Gasteiger partial charge in [-0.3, -0.25) is 4.79 Å². The molecule has 0 aliphatic rings. The van der Waals surface area contributed by atoms with Crippen molar-refractivity contribution in [1.29, 1.82) is 0 Å². The maximum Gasteiger partial charge on any atom is 0.261 e. The molecule has 0 saturated heterocycles. The van der Waals surface area contributed by atoms with E-state index in [-0.39, 0.29) is 5.91 Å². The molecule has 1 N–H and O–H groups in total. The van der Waals surface area contributed by atoms with E-state index < -0.39 is 0 Å². The van der Waals surface area contributed by atoms with Crippen LogP contribution in [0.5, 0.6) is 0 Å². The molecule has 1 unspecified atom stereocenters. The lowest BCUT2D eigenvalue weighted by atomic mass is 10.0. The van der Waals surface area contributed by atoms with Crippen molar-refractivity contribution in [2.45, 2.75) is 33.6 Å². The number of halogens is 1. The zero-order valence-electron chi connectivity index (χ0n) is 10.7. The lowest BCUT2D eigenvalue weighted by Crippen LogP contribution is -2.28. The van der Waals surface area contributed by atoms with Crippen LogP contribution in [0.2, 0.25) is 0 Å². The molecule has 4 heteroatoms. The topological polar surface area (TPSA) is 29.1 Å². The summed E-state index contributed by atoms with van der Waals surface area (Å²) in [6.07, 6.45) is 2.01. The van der Waals surface area contributed by atoms with Crippen molar-refractivity contribution in [3.8, 4) is 0 Å². The molecule has 2 nitrogen and oxygen atoms in total. The molecule has 17 heavy (non-hydrogen) atoms. The summed E-state index contributed by atoms with van der Waals surface area (Å²) in [6.45, 7) is 6.92. The van der Waals surface area contributed by atoms with Crippen molar-refractivity contribution in [3.05, 3.63) is 21.4 Å². The van der Waals surface area contributed by atoms with E-state index in [0.717, 1.165) is 24.3 Å². The first-order chi connectivity index (χ1) is 8.08. The molecule has 0 bridgehead atoms. The van der Waals surface area contributed by atoms with E-state index in [2.05, 4.69) is 12.2 Å². The molecule has 0 aromatic carbocycles. The van der Waals surface area contributed by atoms with Crippen LogP contribution in [0, 0.1) is 19.8 Å². The quantitative estimate of drug-likeness (QED) is 0.786. The smallest absolute Gasteiger partial charge is 0.261 e. The van der Waals surface area contributed by atoms with Crippen molar-refractivity contribution in [2.24, 2.45) is 5.92 Å². The number of amides is 1. The molecule has 0 aliphatic heterocycles. The number of rotatable bonds is 6. The van der Waals surface area contributed by atoms with Gasteiger partial charge in [-0.25, -0.2) is 0 Å². The average Bonchev–Trinajstić information content (AvgIpc) is 2.64. The summed E-state index contributed by atoms with van der Waals surface area (Å²) in [6, 6.07) is 1.96. The van der Waals surface area contributed by atoms with Crippen molar-refractivity contribution in [3.63, 3.8) is 0 Å². The van der Waals surface area contributed by atoms with Gasteiger partial charge in [-0.15, -0.1) is 22.9 Å². The predicted molar refractivity (Wildman–Crippen MR) is 75.2 cm³/mol. The van der Waals surface area contributed by atoms with Crippen molar-refractivity contribution >= 4 is 28.8 Å². The van der Waals surface area contributed by atoms with Gasteiger partial charge in [0.25, 0.3) is 5.91 Å². The van der Waals surface area contributed by atoms with Gasteiger partial charge >= 0.3 is 0 Å². The monoisotopic (exact) mass is 273 g/mol. The maximum atomic E-state index is 11.9. The summed E-state index contributed by atoms with van der Waals surface area (Å²) in [4.78, 5) is 13.9. The Labute approximate surface area is 112 Å². The first-order valence-electron chi connectivity index (χ1n) is 5.99. The van der Waals surface area contributed by atoms with Gasteiger partial charge in [-0.05, 0) is 37.8 Å². The normalized spacial score (nSPS) is 12.5. The zero-order valence-corrected chi connectivity index (χ0v) is 12.3. The Morgan fingerprint density at radius 3 is 2.71 bits per heavy atom. The summed E-state index contributed by atoms with van der Waals surface area (Å²) < 4.78 is 0. The Balaban J connectivity index is 2.49. The number of hydrogen-bond donors (Lipinski definition) is 1. The minimum Gasteiger partial charge on any atom is -0.351 e. The highest BCUT2D eigenvalue weighted by Gasteiger charge is 2.12. The molecule has 96 valence electrons. The Bertz CT molecular complexity index is 356. The number of hydrogen-bond acceptors (Lipinski definition) is 2. The fourth-order valence-electron chi connectivity index (χ4n) is 1.61. The van der Waals surface area contributed by atoms with Crippen LogP contribution in [0.1, 0.15) is 39.9 Å². The number of aryl methyl sites for hydroxylation is 2. The second kappa shape index (κ2) is 7.02. The van der Waals surface area contributed by atoms with Gasteiger partial charge in [-0.1, -0.05) is 13.3 Å². The van der Waals surface area contributed by atoms with E-state index in [4.69, 9.17) is 11.6 Å². The molecule has 0 fully saturated rings. The largest absolute Gasteiger partial charge is 0.351 e. The highest BCUT2D eigenvalue weighted by atomic mass is 35.5. The Hall–Kier alpha value is -0.540. The molecule has 0 spiro atoms. The molecule has 0 saturated carbocycles. The molecule has 1 rings (SSSR count). The van der Waals surface area contributed by atoms with Gasteiger partial charge in [0.1, 0.15) is 0 Å². The predicted octanol–water partition coefficient (Wildman–Crippen LogP) is 3.75. The lowest BCUT2D eigenvalue weighted by molar-refractivity contribution is 0.0950. The van der Waals surface area contributed by atoms with Crippen LogP contribution in [0.4, 0.5) is 0 Å². The van der Waals surface area contributed by atoms with Gasteiger partial charge in [0.2, 0.25) is 0 Å². The number of thiophene rings is 1. The van der Waals surface area contributed by atoms with E-state index in [1.165, 1.54) is 10.4 Å². The van der Waals surface area contributed by atoms with E-state index in [9.17, 15) is 4.79 Å². The lowest BCUT2D eigenvalue weighted by Gasteiger charge is -2.13. The number of carbonyl (C=O) groups excluding carboxylic acids is 1. The van der Waals surface area contributed by atoms with Crippen LogP contribution >= 0.6 is 22.9 Å². The first-order valence-corrected chi connectivity index (χ1v) is 7.34. The Morgan fingerprint density at radius 2 is 2.24 bits per heavy atom. The summed E-state index contributed by atoms with van der Waals surface area (Å²) >= 11 is 7.28. The molecule has 1 atom stereocenters. The minimum atomic E-state index is 0.0409. The fraction of sp³-hybridized carbons (Fsp3) is 0.615. The van der Waals surface area contributed by atoms with Crippen LogP contribution in [-0.4, -0.2) is 18.3 Å². The van der Waals surface area contributed by atoms with E-state index in [1.54, 1.807) is 11.3 Å². The summed E-state index contributed by atoms with van der Waals surface area (Å²) in [5.74, 6) is 1.18. The molecule has 1 aromatic rings. The molecular formula is C13H20ClNOS. The van der Waals surface area contributed by atoms with Crippen LogP contribution in [-0.2, 0) is 0 Å². The minimum absolute atomic E-state index is 0.0409. The van der Waals surface area contributed by atoms with Crippen molar-refractivity contribution in [2.75, 3.05) is 12.4 Å². The second-order valence-corrected chi connectivity index (χ2v) is 5.95.